The van der Waals surface area contributed by atoms with Gasteiger partial charge in [0.2, 0.25) is 0 Å². The van der Waals surface area contributed by atoms with Crippen LogP contribution in [-0.4, -0.2) is 22.4 Å². The van der Waals surface area contributed by atoms with E-state index in [0.29, 0.717) is 18.3 Å². The van der Waals surface area contributed by atoms with Crippen molar-refractivity contribution >= 4 is 5.97 Å². The number of carbonyl (C=O) groups excluding carboxylic acids is 1. The summed E-state index contributed by atoms with van der Waals surface area (Å²) >= 11 is 0. The van der Waals surface area contributed by atoms with Crippen LogP contribution < -0.4 is 0 Å². The van der Waals surface area contributed by atoms with Crippen molar-refractivity contribution in [2.45, 2.75) is 25.8 Å². The van der Waals surface area contributed by atoms with E-state index in [4.69, 9.17) is 4.74 Å². The van der Waals surface area contributed by atoms with Crippen LogP contribution in [0.5, 0.6) is 0 Å². The van der Waals surface area contributed by atoms with Crippen molar-refractivity contribution in [3.63, 3.8) is 0 Å². The molecule has 0 N–H and O–H groups in total. The molecule has 1 heterocycles. The molecule has 2 rings (SSSR count). The van der Waals surface area contributed by atoms with Gasteiger partial charge in [0.25, 0.3) is 0 Å². The van der Waals surface area contributed by atoms with Crippen molar-refractivity contribution in [1.29, 1.82) is 0 Å². The predicted molar refractivity (Wildman–Crippen MR) is 46.5 cm³/mol. The van der Waals surface area contributed by atoms with Crippen molar-refractivity contribution < 1.29 is 9.53 Å². The Balaban J connectivity index is 2.18. The minimum atomic E-state index is -0.271. The molecule has 0 amide bonds. The second-order valence-electron chi connectivity index (χ2n) is 3.11. The molecule has 0 unspecified atom stereocenters. The summed E-state index contributed by atoms with van der Waals surface area (Å²) in [6.07, 6.45) is 3.88. The summed E-state index contributed by atoms with van der Waals surface area (Å²) in [6, 6.07) is 2.13. The molecule has 1 aliphatic rings. The second kappa shape index (κ2) is 3.20. The third-order valence-electron chi connectivity index (χ3n) is 2.05. The van der Waals surface area contributed by atoms with Gasteiger partial charge in [0.1, 0.15) is 5.69 Å². The fourth-order valence-electron chi connectivity index (χ4n) is 1.29. The van der Waals surface area contributed by atoms with Crippen LogP contribution in [0.2, 0.25) is 0 Å². The molecule has 1 aromatic heterocycles. The number of rotatable bonds is 3. The first-order valence-corrected chi connectivity index (χ1v) is 4.53. The van der Waals surface area contributed by atoms with Gasteiger partial charge in [-0.05, 0) is 25.8 Å². The highest BCUT2D eigenvalue weighted by atomic mass is 16.5. The van der Waals surface area contributed by atoms with Gasteiger partial charge in [-0.1, -0.05) is 0 Å². The zero-order valence-corrected chi connectivity index (χ0v) is 7.56. The van der Waals surface area contributed by atoms with Crippen LogP contribution in [-0.2, 0) is 4.74 Å². The fraction of sp³-hybridized carbons (Fsp3) is 0.556. The first-order valence-electron chi connectivity index (χ1n) is 4.53. The van der Waals surface area contributed by atoms with Gasteiger partial charge >= 0.3 is 5.97 Å². The Hall–Kier alpha value is -1.32. The van der Waals surface area contributed by atoms with Crippen LogP contribution in [0.3, 0.4) is 0 Å². The molecular weight excluding hydrogens is 168 g/mol. The van der Waals surface area contributed by atoms with Gasteiger partial charge in [-0.3, -0.25) is 4.68 Å². The lowest BCUT2D eigenvalue weighted by Crippen LogP contribution is -2.12. The highest BCUT2D eigenvalue weighted by Gasteiger charge is 2.28. The maximum Gasteiger partial charge on any atom is 0.356 e. The lowest BCUT2D eigenvalue weighted by molar-refractivity contribution is 0.0511. The normalized spacial score (nSPS) is 15.8. The van der Waals surface area contributed by atoms with Gasteiger partial charge in [-0.2, -0.15) is 5.10 Å². The van der Waals surface area contributed by atoms with E-state index in [0.717, 1.165) is 12.8 Å². The Labute approximate surface area is 76.5 Å². The van der Waals surface area contributed by atoms with Crippen molar-refractivity contribution in [2.24, 2.45) is 0 Å². The van der Waals surface area contributed by atoms with Gasteiger partial charge in [-0.15, -0.1) is 0 Å². The molecule has 0 bridgehead atoms. The lowest BCUT2D eigenvalue weighted by atomic mass is 10.4. The van der Waals surface area contributed by atoms with Gasteiger partial charge in [0.05, 0.1) is 12.6 Å². The molecule has 1 aromatic rings. The van der Waals surface area contributed by atoms with E-state index < -0.39 is 0 Å². The van der Waals surface area contributed by atoms with E-state index in [-0.39, 0.29) is 5.97 Å². The average Bonchev–Trinajstić information content (AvgIpc) is 2.84. The number of carbonyl (C=O) groups is 1. The van der Waals surface area contributed by atoms with Crippen LogP contribution >= 0.6 is 0 Å². The number of ether oxygens (including phenoxy) is 1. The molecule has 1 fully saturated rings. The van der Waals surface area contributed by atoms with E-state index in [1.807, 2.05) is 0 Å². The monoisotopic (exact) mass is 180 g/mol. The lowest BCUT2D eigenvalue weighted by Gasteiger charge is -2.04. The van der Waals surface area contributed by atoms with E-state index in [1.165, 1.54) is 0 Å². The van der Waals surface area contributed by atoms with Crippen LogP contribution in [0.15, 0.2) is 12.3 Å². The Bertz CT molecular complexity index is 315. The van der Waals surface area contributed by atoms with Gasteiger partial charge in [0.15, 0.2) is 0 Å². The Morgan fingerprint density at radius 3 is 3.15 bits per heavy atom. The van der Waals surface area contributed by atoms with Gasteiger partial charge in [-0.25, -0.2) is 4.79 Å². The minimum absolute atomic E-state index is 0.271. The molecule has 0 aliphatic heterocycles. The highest BCUT2D eigenvalue weighted by molar-refractivity contribution is 5.87. The molecule has 13 heavy (non-hydrogen) atoms. The smallest absolute Gasteiger partial charge is 0.356 e. The number of hydrogen-bond acceptors (Lipinski definition) is 3. The minimum Gasteiger partial charge on any atom is -0.461 e. The molecule has 0 spiro atoms. The second-order valence-corrected chi connectivity index (χ2v) is 3.11. The maximum absolute atomic E-state index is 11.4. The molecule has 4 nitrogen and oxygen atoms in total. The van der Waals surface area contributed by atoms with Crippen molar-refractivity contribution in [2.75, 3.05) is 6.61 Å². The number of nitrogens with zero attached hydrogens (tertiary/aromatic N) is 2. The molecular formula is C9H12N2O2. The van der Waals surface area contributed by atoms with Crippen molar-refractivity contribution in [3.05, 3.63) is 18.0 Å². The number of aromatic nitrogens is 2. The third kappa shape index (κ3) is 1.56. The molecule has 0 aromatic carbocycles. The van der Waals surface area contributed by atoms with Crippen molar-refractivity contribution in [3.8, 4) is 0 Å². The Morgan fingerprint density at radius 1 is 1.77 bits per heavy atom. The summed E-state index contributed by atoms with van der Waals surface area (Å²) in [5.74, 6) is -0.271. The maximum atomic E-state index is 11.4. The number of esters is 1. The van der Waals surface area contributed by atoms with Gasteiger partial charge < -0.3 is 4.74 Å². The molecule has 1 saturated carbocycles. The Morgan fingerprint density at radius 2 is 2.54 bits per heavy atom. The first-order chi connectivity index (χ1) is 6.33. The molecule has 0 radical (unpaired) electrons. The highest BCUT2D eigenvalue weighted by Crippen LogP contribution is 2.35. The summed E-state index contributed by atoms with van der Waals surface area (Å²) in [6.45, 7) is 2.21. The van der Waals surface area contributed by atoms with Crippen LogP contribution in [0.25, 0.3) is 0 Å². The summed E-state index contributed by atoms with van der Waals surface area (Å²) < 4.78 is 6.67. The molecule has 70 valence electrons. The van der Waals surface area contributed by atoms with Gasteiger partial charge in [0, 0.05) is 6.20 Å². The van der Waals surface area contributed by atoms with Crippen molar-refractivity contribution in [1.82, 2.24) is 9.78 Å². The summed E-state index contributed by atoms with van der Waals surface area (Å²) in [7, 11) is 0. The predicted octanol–water partition coefficient (Wildman–Crippen LogP) is 1.39. The molecule has 4 heteroatoms. The van der Waals surface area contributed by atoms with Crippen LogP contribution in [0.1, 0.15) is 36.3 Å². The standard InChI is InChI=1S/C9H12N2O2/c1-2-13-9(12)8-5-6-10-11(8)7-3-4-7/h5-7H,2-4H2,1H3. The largest absolute Gasteiger partial charge is 0.461 e. The molecule has 1 aliphatic carbocycles. The summed E-state index contributed by atoms with van der Waals surface area (Å²) in [5, 5.41) is 4.10. The average molecular weight is 180 g/mol. The van der Waals surface area contributed by atoms with Crippen LogP contribution in [0.4, 0.5) is 0 Å². The molecule has 0 saturated heterocycles. The topological polar surface area (TPSA) is 44.1 Å². The van der Waals surface area contributed by atoms with E-state index in [1.54, 1.807) is 23.9 Å². The van der Waals surface area contributed by atoms with Crippen LogP contribution in [0, 0.1) is 0 Å². The number of hydrogen-bond donors (Lipinski definition) is 0. The third-order valence-corrected chi connectivity index (χ3v) is 2.05. The van der Waals surface area contributed by atoms with E-state index in [9.17, 15) is 4.79 Å². The summed E-state index contributed by atoms with van der Waals surface area (Å²) in [4.78, 5) is 11.4. The molecule has 0 atom stereocenters. The summed E-state index contributed by atoms with van der Waals surface area (Å²) in [5.41, 5.74) is 0.573. The fourth-order valence-corrected chi connectivity index (χ4v) is 1.29. The van der Waals surface area contributed by atoms with E-state index in [2.05, 4.69) is 5.10 Å². The zero-order chi connectivity index (χ0) is 9.26. The first kappa shape index (κ1) is 8.29. The van der Waals surface area contributed by atoms with E-state index >= 15 is 0 Å². The SMILES string of the molecule is CCOC(=O)c1ccnn1C1CC1. The quantitative estimate of drug-likeness (QED) is 0.660. The Kier molecular flexibility index (Phi) is 2.04. The zero-order valence-electron chi connectivity index (χ0n) is 7.56.